The summed E-state index contributed by atoms with van der Waals surface area (Å²) in [5.74, 6) is -0.527. The molecule has 19 heavy (non-hydrogen) atoms. The standard InChI is InChI=1S/C15H14ClFO2/c16-14-11(7-4-8-12(14)17)9-13(18)15(19)10-5-2-1-3-6-10/h1-8,13,15,18-19H,9H2. The molecular formula is C15H14ClFO2. The number of benzene rings is 2. The van der Waals surface area contributed by atoms with Gasteiger partial charge in [-0.25, -0.2) is 4.39 Å². The Labute approximate surface area is 116 Å². The molecule has 2 N–H and O–H groups in total. The van der Waals surface area contributed by atoms with Crippen LogP contribution in [0, 0.1) is 5.82 Å². The van der Waals surface area contributed by atoms with Gasteiger partial charge in [0.15, 0.2) is 0 Å². The summed E-state index contributed by atoms with van der Waals surface area (Å²) in [7, 11) is 0. The molecule has 0 aliphatic heterocycles. The molecule has 0 saturated heterocycles. The van der Waals surface area contributed by atoms with E-state index < -0.39 is 18.0 Å². The fourth-order valence-corrected chi connectivity index (χ4v) is 2.12. The molecule has 2 rings (SSSR count). The van der Waals surface area contributed by atoms with Crippen molar-refractivity contribution in [2.75, 3.05) is 0 Å². The smallest absolute Gasteiger partial charge is 0.142 e. The maximum Gasteiger partial charge on any atom is 0.142 e. The van der Waals surface area contributed by atoms with E-state index in [1.807, 2.05) is 6.07 Å². The number of hydrogen-bond acceptors (Lipinski definition) is 2. The highest BCUT2D eigenvalue weighted by atomic mass is 35.5. The first-order valence-electron chi connectivity index (χ1n) is 5.93. The van der Waals surface area contributed by atoms with Crippen LogP contribution in [-0.2, 0) is 6.42 Å². The Bertz CT molecular complexity index is 545. The quantitative estimate of drug-likeness (QED) is 0.903. The van der Waals surface area contributed by atoms with Crippen molar-refractivity contribution in [2.45, 2.75) is 18.6 Å². The molecule has 2 aromatic rings. The SMILES string of the molecule is OC(Cc1cccc(F)c1Cl)C(O)c1ccccc1. The second-order valence-electron chi connectivity index (χ2n) is 4.34. The Morgan fingerprint density at radius 2 is 1.68 bits per heavy atom. The number of aliphatic hydroxyl groups is 2. The van der Waals surface area contributed by atoms with Gasteiger partial charge >= 0.3 is 0 Å². The van der Waals surface area contributed by atoms with Gasteiger partial charge in [-0.2, -0.15) is 0 Å². The summed E-state index contributed by atoms with van der Waals surface area (Å²) in [5.41, 5.74) is 1.09. The third-order valence-electron chi connectivity index (χ3n) is 2.97. The molecular weight excluding hydrogens is 267 g/mol. The van der Waals surface area contributed by atoms with Crippen LogP contribution in [0.15, 0.2) is 48.5 Å². The first-order valence-corrected chi connectivity index (χ1v) is 6.31. The molecule has 0 saturated carbocycles. The lowest BCUT2D eigenvalue weighted by Crippen LogP contribution is -2.21. The van der Waals surface area contributed by atoms with Gasteiger partial charge in [0.05, 0.1) is 11.1 Å². The summed E-state index contributed by atoms with van der Waals surface area (Å²) in [4.78, 5) is 0. The lowest BCUT2D eigenvalue weighted by atomic mass is 9.98. The number of halogens is 2. The van der Waals surface area contributed by atoms with Crippen LogP contribution in [0.4, 0.5) is 4.39 Å². The average molecular weight is 281 g/mol. The zero-order valence-corrected chi connectivity index (χ0v) is 10.9. The maximum absolute atomic E-state index is 13.3. The van der Waals surface area contributed by atoms with E-state index in [4.69, 9.17) is 11.6 Å². The minimum atomic E-state index is -1.04. The topological polar surface area (TPSA) is 40.5 Å². The van der Waals surface area contributed by atoms with Gasteiger partial charge in [-0.05, 0) is 17.2 Å². The van der Waals surface area contributed by atoms with Crippen LogP contribution in [0.2, 0.25) is 5.02 Å². The monoisotopic (exact) mass is 280 g/mol. The number of rotatable bonds is 4. The van der Waals surface area contributed by atoms with Crippen LogP contribution in [0.5, 0.6) is 0 Å². The Hall–Kier alpha value is -1.42. The highest BCUT2D eigenvalue weighted by Crippen LogP contribution is 2.25. The van der Waals surface area contributed by atoms with Crippen LogP contribution < -0.4 is 0 Å². The second-order valence-corrected chi connectivity index (χ2v) is 4.72. The van der Waals surface area contributed by atoms with Gasteiger partial charge in [0.2, 0.25) is 0 Å². The molecule has 0 spiro atoms. The third-order valence-corrected chi connectivity index (χ3v) is 3.39. The van der Waals surface area contributed by atoms with E-state index in [0.29, 0.717) is 11.1 Å². The molecule has 0 radical (unpaired) electrons. The van der Waals surface area contributed by atoms with Crippen LogP contribution in [0.1, 0.15) is 17.2 Å². The molecule has 4 heteroatoms. The van der Waals surface area contributed by atoms with Crippen molar-refractivity contribution in [2.24, 2.45) is 0 Å². The van der Waals surface area contributed by atoms with E-state index in [2.05, 4.69) is 0 Å². The fourth-order valence-electron chi connectivity index (χ4n) is 1.92. The summed E-state index contributed by atoms with van der Waals surface area (Å²) in [6.07, 6.45) is -1.98. The highest BCUT2D eigenvalue weighted by molar-refractivity contribution is 6.31. The Morgan fingerprint density at radius 3 is 2.37 bits per heavy atom. The Kier molecular flexibility index (Phi) is 4.53. The van der Waals surface area contributed by atoms with Crippen molar-refractivity contribution in [3.63, 3.8) is 0 Å². The molecule has 0 aliphatic carbocycles. The molecule has 2 unspecified atom stereocenters. The summed E-state index contributed by atoms with van der Waals surface area (Å²) in [5, 5.41) is 20.0. The number of aliphatic hydroxyl groups excluding tert-OH is 2. The lowest BCUT2D eigenvalue weighted by Gasteiger charge is -2.18. The van der Waals surface area contributed by atoms with Gasteiger partial charge in [0, 0.05) is 6.42 Å². The van der Waals surface area contributed by atoms with Gasteiger partial charge in [0.1, 0.15) is 11.9 Å². The Balaban J connectivity index is 2.13. The van der Waals surface area contributed by atoms with Crippen molar-refractivity contribution in [1.29, 1.82) is 0 Å². The van der Waals surface area contributed by atoms with Crippen LogP contribution in [0.3, 0.4) is 0 Å². The average Bonchev–Trinajstić information content (AvgIpc) is 2.44. The molecule has 0 aliphatic rings. The largest absolute Gasteiger partial charge is 0.390 e. The van der Waals surface area contributed by atoms with Crippen molar-refractivity contribution < 1.29 is 14.6 Å². The van der Waals surface area contributed by atoms with Gasteiger partial charge in [-0.15, -0.1) is 0 Å². The van der Waals surface area contributed by atoms with E-state index in [9.17, 15) is 14.6 Å². The third kappa shape index (κ3) is 3.32. The van der Waals surface area contributed by atoms with Gasteiger partial charge in [-0.1, -0.05) is 54.1 Å². The van der Waals surface area contributed by atoms with E-state index in [-0.39, 0.29) is 11.4 Å². The predicted octanol–water partition coefficient (Wildman–Crippen LogP) is 3.12. The predicted molar refractivity (Wildman–Crippen MR) is 72.5 cm³/mol. The van der Waals surface area contributed by atoms with Gasteiger partial charge in [-0.3, -0.25) is 0 Å². The minimum absolute atomic E-state index is 0.0122. The normalized spacial score (nSPS) is 14.1. The fraction of sp³-hybridized carbons (Fsp3) is 0.200. The molecule has 2 atom stereocenters. The van der Waals surface area contributed by atoms with Gasteiger partial charge in [0.25, 0.3) is 0 Å². The maximum atomic E-state index is 13.3. The Morgan fingerprint density at radius 1 is 1.00 bits per heavy atom. The summed E-state index contributed by atoms with van der Waals surface area (Å²) >= 11 is 5.82. The first kappa shape index (κ1) is 14.0. The molecule has 0 amide bonds. The van der Waals surface area contributed by atoms with Crippen molar-refractivity contribution in [1.82, 2.24) is 0 Å². The molecule has 100 valence electrons. The molecule has 2 nitrogen and oxygen atoms in total. The first-order chi connectivity index (χ1) is 9.09. The lowest BCUT2D eigenvalue weighted by molar-refractivity contribution is 0.0189. The molecule has 0 fully saturated rings. The van der Waals surface area contributed by atoms with Crippen molar-refractivity contribution in [3.8, 4) is 0 Å². The van der Waals surface area contributed by atoms with E-state index in [1.54, 1.807) is 30.3 Å². The molecule has 2 aromatic carbocycles. The molecule has 0 aromatic heterocycles. The minimum Gasteiger partial charge on any atom is -0.390 e. The van der Waals surface area contributed by atoms with Gasteiger partial charge < -0.3 is 10.2 Å². The summed E-state index contributed by atoms with van der Waals surface area (Å²) in [6, 6.07) is 13.2. The molecule has 0 bridgehead atoms. The zero-order chi connectivity index (χ0) is 13.8. The van der Waals surface area contributed by atoms with Crippen molar-refractivity contribution in [3.05, 3.63) is 70.5 Å². The van der Waals surface area contributed by atoms with E-state index in [0.717, 1.165) is 0 Å². The molecule has 0 heterocycles. The number of hydrogen-bond donors (Lipinski definition) is 2. The summed E-state index contributed by atoms with van der Waals surface area (Å²) in [6.45, 7) is 0. The van der Waals surface area contributed by atoms with Crippen molar-refractivity contribution >= 4 is 11.6 Å². The van der Waals surface area contributed by atoms with E-state index >= 15 is 0 Å². The van der Waals surface area contributed by atoms with Crippen LogP contribution in [0.25, 0.3) is 0 Å². The summed E-state index contributed by atoms with van der Waals surface area (Å²) < 4.78 is 13.3. The highest BCUT2D eigenvalue weighted by Gasteiger charge is 2.20. The van der Waals surface area contributed by atoms with E-state index in [1.165, 1.54) is 12.1 Å². The second kappa shape index (κ2) is 6.15. The van der Waals surface area contributed by atoms with Crippen LogP contribution >= 0.6 is 11.6 Å². The van der Waals surface area contributed by atoms with Crippen LogP contribution in [-0.4, -0.2) is 16.3 Å². The zero-order valence-electron chi connectivity index (χ0n) is 10.1.